The minimum absolute atomic E-state index is 0.0431. The maximum Gasteiger partial charge on any atom is 0.248 e. The predicted molar refractivity (Wildman–Crippen MR) is 91.3 cm³/mol. The lowest BCUT2D eigenvalue weighted by molar-refractivity contribution is 0.461. The van der Waals surface area contributed by atoms with Crippen molar-refractivity contribution in [1.29, 1.82) is 0 Å². The SMILES string of the molecule is CC(C)(C)c1ccnc(CCC(C)(C)c2cccc(=O)[nH]2)c1. The quantitative estimate of drug-likeness (QED) is 0.928. The highest BCUT2D eigenvalue weighted by Gasteiger charge is 2.22. The van der Waals surface area contributed by atoms with Crippen molar-refractivity contribution in [3.05, 3.63) is 63.8 Å². The lowest BCUT2D eigenvalue weighted by atomic mass is 9.82. The number of hydrogen-bond acceptors (Lipinski definition) is 2. The molecule has 2 rings (SSSR count). The molecular formula is C19H26N2O. The van der Waals surface area contributed by atoms with E-state index in [-0.39, 0.29) is 16.4 Å². The molecule has 0 unspecified atom stereocenters. The summed E-state index contributed by atoms with van der Waals surface area (Å²) in [5.74, 6) is 0. The second kappa shape index (κ2) is 6.07. The molecule has 0 fully saturated rings. The fourth-order valence-electron chi connectivity index (χ4n) is 2.50. The average Bonchev–Trinajstić information content (AvgIpc) is 2.45. The Morgan fingerprint density at radius 2 is 1.82 bits per heavy atom. The number of aromatic amines is 1. The summed E-state index contributed by atoms with van der Waals surface area (Å²) < 4.78 is 0. The van der Waals surface area contributed by atoms with Gasteiger partial charge in [-0.2, -0.15) is 0 Å². The van der Waals surface area contributed by atoms with Crippen molar-refractivity contribution in [3.63, 3.8) is 0 Å². The van der Waals surface area contributed by atoms with E-state index in [0.717, 1.165) is 24.2 Å². The van der Waals surface area contributed by atoms with Gasteiger partial charge in [0, 0.05) is 29.1 Å². The van der Waals surface area contributed by atoms with Gasteiger partial charge >= 0.3 is 0 Å². The van der Waals surface area contributed by atoms with E-state index in [1.165, 1.54) is 5.56 Å². The molecular weight excluding hydrogens is 272 g/mol. The van der Waals surface area contributed by atoms with Crippen molar-refractivity contribution in [2.75, 3.05) is 0 Å². The molecule has 3 nitrogen and oxygen atoms in total. The predicted octanol–water partition coefficient (Wildman–Crippen LogP) is 3.98. The van der Waals surface area contributed by atoms with E-state index >= 15 is 0 Å². The number of nitrogens with one attached hydrogen (secondary N) is 1. The van der Waals surface area contributed by atoms with Crippen molar-refractivity contribution in [2.24, 2.45) is 0 Å². The van der Waals surface area contributed by atoms with Gasteiger partial charge in [0.1, 0.15) is 0 Å². The Hall–Kier alpha value is -1.90. The van der Waals surface area contributed by atoms with Gasteiger partial charge in [0.15, 0.2) is 0 Å². The number of aromatic nitrogens is 2. The number of nitrogens with zero attached hydrogens (tertiary/aromatic N) is 1. The van der Waals surface area contributed by atoms with Gasteiger partial charge in [0.2, 0.25) is 5.56 Å². The van der Waals surface area contributed by atoms with E-state index < -0.39 is 0 Å². The Labute approximate surface area is 132 Å². The van der Waals surface area contributed by atoms with Crippen LogP contribution in [-0.4, -0.2) is 9.97 Å². The lowest BCUT2D eigenvalue weighted by Gasteiger charge is -2.25. The minimum atomic E-state index is -0.0835. The van der Waals surface area contributed by atoms with E-state index in [2.05, 4.69) is 56.7 Å². The number of hydrogen-bond donors (Lipinski definition) is 1. The second-order valence-electron chi connectivity index (χ2n) is 7.60. The Kier molecular flexibility index (Phi) is 4.55. The first-order valence-corrected chi connectivity index (χ1v) is 7.84. The fraction of sp³-hybridized carbons (Fsp3) is 0.474. The smallest absolute Gasteiger partial charge is 0.248 e. The molecule has 0 spiro atoms. The summed E-state index contributed by atoms with van der Waals surface area (Å²) in [7, 11) is 0. The van der Waals surface area contributed by atoms with Gasteiger partial charge in [-0.15, -0.1) is 0 Å². The molecule has 0 bridgehead atoms. The van der Waals surface area contributed by atoms with Gasteiger partial charge in [-0.1, -0.05) is 40.7 Å². The van der Waals surface area contributed by atoms with Crippen LogP contribution in [0.15, 0.2) is 41.3 Å². The summed E-state index contributed by atoms with van der Waals surface area (Å²) in [4.78, 5) is 18.9. The van der Waals surface area contributed by atoms with Crippen LogP contribution in [0.5, 0.6) is 0 Å². The third-order valence-electron chi connectivity index (χ3n) is 4.19. The largest absolute Gasteiger partial charge is 0.326 e. The molecule has 0 saturated heterocycles. The van der Waals surface area contributed by atoms with Crippen molar-refractivity contribution in [1.82, 2.24) is 9.97 Å². The fourth-order valence-corrected chi connectivity index (χ4v) is 2.50. The zero-order valence-electron chi connectivity index (χ0n) is 14.2. The summed E-state index contributed by atoms with van der Waals surface area (Å²) in [6.07, 6.45) is 3.73. The Bertz CT molecular complexity index is 693. The molecule has 0 saturated carbocycles. The molecule has 0 aliphatic rings. The zero-order chi connectivity index (χ0) is 16.4. The maximum atomic E-state index is 11.5. The summed E-state index contributed by atoms with van der Waals surface area (Å²) >= 11 is 0. The van der Waals surface area contributed by atoms with Gasteiger partial charge in [0.25, 0.3) is 0 Å². The summed E-state index contributed by atoms with van der Waals surface area (Å²) in [6, 6.07) is 9.63. The van der Waals surface area contributed by atoms with E-state index in [4.69, 9.17) is 0 Å². The highest BCUT2D eigenvalue weighted by atomic mass is 16.1. The number of rotatable bonds is 4. The standard InChI is InChI=1S/C19H26N2O/c1-18(2,3)14-10-12-20-15(13-14)9-11-19(4,5)16-7-6-8-17(22)21-16/h6-8,10,12-13H,9,11H2,1-5H3,(H,21,22). The minimum Gasteiger partial charge on any atom is -0.326 e. The van der Waals surface area contributed by atoms with Gasteiger partial charge in [-0.25, -0.2) is 0 Å². The lowest BCUT2D eigenvalue weighted by Crippen LogP contribution is -2.23. The van der Waals surface area contributed by atoms with E-state index in [0.29, 0.717) is 0 Å². The van der Waals surface area contributed by atoms with Crippen molar-refractivity contribution < 1.29 is 0 Å². The van der Waals surface area contributed by atoms with Crippen LogP contribution in [-0.2, 0) is 17.3 Å². The monoisotopic (exact) mass is 298 g/mol. The van der Waals surface area contributed by atoms with Crippen molar-refractivity contribution in [3.8, 4) is 0 Å². The van der Waals surface area contributed by atoms with Crippen LogP contribution in [0.2, 0.25) is 0 Å². The van der Waals surface area contributed by atoms with Gasteiger partial charge in [-0.05, 0) is 42.0 Å². The molecule has 0 radical (unpaired) electrons. The topological polar surface area (TPSA) is 45.8 Å². The Morgan fingerprint density at radius 3 is 2.45 bits per heavy atom. The summed E-state index contributed by atoms with van der Waals surface area (Å²) in [5, 5.41) is 0. The van der Waals surface area contributed by atoms with Crippen LogP contribution in [0.4, 0.5) is 0 Å². The summed E-state index contributed by atoms with van der Waals surface area (Å²) in [5.41, 5.74) is 3.41. The Morgan fingerprint density at radius 1 is 1.09 bits per heavy atom. The maximum absolute atomic E-state index is 11.5. The first kappa shape index (κ1) is 16.5. The molecule has 118 valence electrons. The number of H-pyrrole nitrogens is 1. The molecule has 0 aromatic carbocycles. The first-order valence-electron chi connectivity index (χ1n) is 7.84. The van der Waals surface area contributed by atoms with E-state index in [1.54, 1.807) is 6.07 Å². The van der Waals surface area contributed by atoms with Gasteiger partial charge in [0.05, 0.1) is 0 Å². The molecule has 0 aliphatic carbocycles. The average molecular weight is 298 g/mol. The molecule has 0 amide bonds. The van der Waals surface area contributed by atoms with Crippen LogP contribution in [0.3, 0.4) is 0 Å². The Balaban J connectivity index is 2.14. The van der Waals surface area contributed by atoms with Gasteiger partial charge < -0.3 is 4.98 Å². The van der Waals surface area contributed by atoms with Crippen molar-refractivity contribution >= 4 is 0 Å². The highest BCUT2D eigenvalue weighted by Crippen LogP contribution is 2.27. The van der Waals surface area contributed by atoms with E-state index in [1.807, 2.05) is 18.3 Å². The van der Waals surface area contributed by atoms with Crippen LogP contribution in [0, 0.1) is 0 Å². The van der Waals surface area contributed by atoms with Gasteiger partial charge in [-0.3, -0.25) is 9.78 Å². The van der Waals surface area contributed by atoms with Crippen molar-refractivity contribution in [2.45, 2.75) is 58.3 Å². The van der Waals surface area contributed by atoms with E-state index in [9.17, 15) is 4.79 Å². The second-order valence-corrected chi connectivity index (χ2v) is 7.60. The molecule has 0 atom stereocenters. The zero-order valence-corrected chi connectivity index (χ0v) is 14.2. The molecule has 1 N–H and O–H groups in total. The molecule has 2 aromatic rings. The van der Waals surface area contributed by atoms with Crippen LogP contribution in [0.25, 0.3) is 0 Å². The third-order valence-corrected chi connectivity index (χ3v) is 4.19. The first-order chi connectivity index (χ1) is 10.2. The molecule has 2 heterocycles. The molecule has 0 aliphatic heterocycles. The highest BCUT2D eigenvalue weighted by molar-refractivity contribution is 5.24. The van der Waals surface area contributed by atoms with Crippen LogP contribution >= 0.6 is 0 Å². The molecule has 3 heteroatoms. The third kappa shape index (κ3) is 4.06. The summed E-state index contributed by atoms with van der Waals surface area (Å²) in [6.45, 7) is 11.0. The number of aryl methyl sites for hydroxylation is 1. The van der Waals surface area contributed by atoms with Crippen LogP contribution < -0.4 is 5.56 Å². The normalized spacial score (nSPS) is 12.4. The molecule has 2 aromatic heterocycles. The van der Waals surface area contributed by atoms with Crippen LogP contribution in [0.1, 0.15) is 58.0 Å². The number of pyridine rings is 2. The molecule has 22 heavy (non-hydrogen) atoms.